The molecule has 0 bridgehead atoms. The number of aryl methyl sites for hydroxylation is 1. The molecule has 3 aromatic rings. The summed E-state index contributed by atoms with van der Waals surface area (Å²) in [5, 5.41) is 11.1. The van der Waals surface area contributed by atoms with Gasteiger partial charge in [0.15, 0.2) is 0 Å². The lowest BCUT2D eigenvalue weighted by Crippen LogP contribution is -2.29. The van der Waals surface area contributed by atoms with Crippen LogP contribution in [0.1, 0.15) is 34.8 Å². The Morgan fingerprint density at radius 2 is 1.83 bits per heavy atom. The number of benzene rings is 2. The van der Waals surface area contributed by atoms with E-state index in [4.69, 9.17) is 0 Å². The first kappa shape index (κ1) is 20.2. The van der Waals surface area contributed by atoms with Crippen LogP contribution in [0.4, 0.5) is 18.9 Å². The van der Waals surface area contributed by atoms with Gasteiger partial charge in [-0.3, -0.25) is 15.0 Å². The van der Waals surface area contributed by atoms with Gasteiger partial charge in [0.1, 0.15) is 0 Å². The molecule has 0 spiro atoms. The second kappa shape index (κ2) is 7.95. The summed E-state index contributed by atoms with van der Waals surface area (Å²) in [6.07, 6.45) is -1.66. The molecule has 0 saturated carbocycles. The second-order valence-electron chi connectivity index (χ2n) is 7.40. The number of nitrogens with zero attached hydrogens (tertiary/aromatic N) is 3. The van der Waals surface area contributed by atoms with Gasteiger partial charge in [-0.2, -0.15) is 13.2 Å². The minimum absolute atomic E-state index is 0.00122. The van der Waals surface area contributed by atoms with Crippen molar-refractivity contribution in [3.8, 4) is 0 Å². The molecule has 1 atom stereocenters. The predicted octanol–water partition coefficient (Wildman–Crippen LogP) is 5.41. The zero-order valence-electron chi connectivity index (χ0n) is 16.0. The SMILES string of the molecule is O=[N+]([O-])c1cccc(CN2CCCn3cccc3[C@H]2c2cccc(C(F)(F)F)c2)c1. The number of rotatable bonds is 4. The molecule has 0 unspecified atom stereocenters. The molecule has 0 aliphatic carbocycles. The highest BCUT2D eigenvalue weighted by molar-refractivity contribution is 5.36. The summed E-state index contributed by atoms with van der Waals surface area (Å²) >= 11 is 0. The van der Waals surface area contributed by atoms with Crippen LogP contribution in [0, 0.1) is 10.1 Å². The summed E-state index contributed by atoms with van der Waals surface area (Å²) in [6, 6.07) is 15.2. The number of hydrogen-bond acceptors (Lipinski definition) is 3. The first-order chi connectivity index (χ1) is 14.3. The molecular weight excluding hydrogens is 395 g/mol. The molecule has 5 nitrogen and oxygen atoms in total. The topological polar surface area (TPSA) is 51.3 Å². The third-order valence-electron chi connectivity index (χ3n) is 5.39. The molecule has 2 aromatic carbocycles. The molecule has 156 valence electrons. The van der Waals surface area contributed by atoms with E-state index < -0.39 is 16.7 Å². The van der Waals surface area contributed by atoms with Crippen molar-refractivity contribution in [3.05, 3.63) is 99.4 Å². The molecule has 1 aliphatic heterocycles. The van der Waals surface area contributed by atoms with Crippen molar-refractivity contribution in [2.75, 3.05) is 6.54 Å². The van der Waals surface area contributed by atoms with Gasteiger partial charge in [0.2, 0.25) is 0 Å². The first-order valence-electron chi connectivity index (χ1n) is 9.62. The van der Waals surface area contributed by atoms with Crippen LogP contribution >= 0.6 is 0 Å². The summed E-state index contributed by atoms with van der Waals surface area (Å²) in [4.78, 5) is 12.8. The molecule has 0 fully saturated rings. The quantitative estimate of drug-likeness (QED) is 0.423. The lowest BCUT2D eigenvalue weighted by atomic mass is 9.98. The summed E-state index contributed by atoms with van der Waals surface area (Å²) in [5.74, 6) is 0. The molecule has 0 amide bonds. The number of alkyl halides is 3. The fraction of sp³-hybridized carbons (Fsp3) is 0.273. The molecule has 0 radical (unpaired) electrons. The highest BCUT2D eigenvalue weighted by atomic mass is 19.4. The Morgan fingerprint density at radius 3 is 2.60 bits per heavy atom. The lowest BCUT2D eigenvalue weighted by molar-refractivity contribution is -0.384. The van der Waals surface area contributed by atoms with Gasteiger partial charge in [0.05, 0.1) is 16.5 Å². The van der Waals surface area contributed by atoms with Crippen LogP contribution in [0.3, 0.4) is 0 Å². The smallest absolute Gasteiger partial charge is 0.350 e. The Balaban J connectivity index is 1.75. The van der Waals surface area contributed by atoms with Crippen molar-refractivity contribution in [1.82, 2.24) is 9.47 Å². The summed E-state index contributed by atoms with van der Waals surface area (Å²) < 4.78 is 42.1. The average molecular weight is 415 g/mol. The van der Waals surface area contributed by atoms with Crippen LogP contribution in [-0.4, -0.2) is 20.9 Å². The maximum Gasteiger partial charge on any atom is 0.416 e. The normalized spacial score (nSPS) is 17.4. The fourth-order valence-electron chi connectivity index (χ4n) is 4.08. The maximum atomic E-state index is 13.3. The molecule has 4 rings (SSSR count). The summed E-state index contributed by atoms with van der Waals surface area (Å²) in [5.41, 5.74) is 1.54. The van der Waals surface area contributed by atoms with E-state index in [0.29, 0.717) is 18.7 Å². The number of hydrogen-bond donors (Lipinski definition) is 0. The number of nitro benzene ring substituents is 1. The third-order valence-corrected chi connectivity index (χ3v) is 5.39. The van der Waals surface area contributed by atoms with Crippen LogP contribution in [0.5, 0.6) is 0 Å². The van der Waals surface area contributed by atoms with Crippen molar-refractivity contribution in [3.63, 3.8) is 0 Å². The number of fused-ring (bicyclic) bond motifs is 1. The van der Waals surface area contributed by atoms with Gasteiger partial charge in [-0.1, -0.05) is 24.3 Å². The van der Waals surface area contributed by atoms with E-state index in [-0.39, 0.29) is 11.7 Å². The van der Waals surface area contributed by atoms with Gasteiger partial charge in [-0.25, -0.2) is 0 Å². The largest absolute Gasteiger partial charge is 0.416 e. The Bertz CT molecular complexity index is 1060. The van der Waals surface area contributed by atoms with Gasteiger partial charge in [0, 0.05) is 43.7 Å². The van der Waals surface area contributed by atoms with E-state index in [9.17, 15) is 23.3 Å². The van der Waals surface area contributed by atoms with Crippen molar-refractivity contribution < 1.29 is 18.1 Å². The summed E-state index contributed by atoms with van der Waals surface area (Å²) in [7, 11) is 0. The van der Waals surface area contributed by atoms with Gasteiger partial charge in [0.25, 0.3) is 5.69 Å². The van der Waals surface area contributed by atoms with E-state index in [1.54, 1.807) is 18.2 Å². The number of nitro groups is 1. The Hall–Kier alpha value is -3.13. The molecular formula is C22H20F3N3O2. The predicted molar refractivity (Wildman–Crippen MR) is 106 cm³/mol. The molecule has 30 heavy (non-hydrogen) atoms. The highest BCUT2D eigenvalue weighted by Crippen LogP contribution is 2.36. The zero-order valence-corrected chi connectivity index (χ0v) is 16.0. The van der Waals surface area contributed by atoms with Gasteiger partial charge < -0.3 is 4.57 Å². The minimum Gasteiger partial charge on any atom is -0.350 e. The van der Waals surface area contributed by atoms with Crippen LogP contribution in [0.25, 0.3) is 0 Å². The average Bonchev–Trinajstić information content (AvgIpc) is 3.09. The molecule has 1 aromatic heterocycles. The van der Waals surface area contributed by atoms with E-state index in [2.05, 4.69) is 9.47 Å². The van der Waals surface area contributed by atoms with E-state index in [0.717, 1.165) is 30.3 Å². The van der Waals surface area contributed by atoms with E-state index >= 15 is 0 Å². The van der Waals surface area contributed by atoms with Crippen molar-refractivity contribution in [1.29, 1.82) is 0 Å². The maximum absolute atomic E-state index is 13.3. The van der Waals surface area contributed by atoms with E-state index in [1.807, 2.05) is 18.3 Å². The van der Waals surface area contributed by atoms with Crippen LogP contribution in [0.2, 0.25) is 0 Å². The van der Waals surface area contributed by atoms with Gasteiger partial charge in [-0.15, -0.1) is 0 Å². The molecule has 1 aliphatic rings. The first-order valence-corrected chi connectivity index (χ1v) is 9.62. The number of halogens is 3. The van der Waals surface area contributed by atoms with Crippen LogP contribution in [0.15, 0.2) is 66.9 Å². The zero-order chi connectivity index (χ0) is 21.3. The Labute approximate surface area is 171 Å². The van der Waals surface area contributed by atoms with Crippen molar-refractivity contribution >= 4 is 5.69 Å². The van der Waals surface area contributed by atoms with Crippen LogP contribution in [-0.2, 0) is 19.3 Å². The minimum atomic E-state index is -4.42. The highest BCUT2D eigenvalue weighted by Gasteiger charge is 2.33. The Morgan fingerprint density at radius 1 is 1.03 bits per heavy atom. The standard InChI is InChI=1S/C22H20F3N3O2/c23-22(24,25)18-7-2-6-17(14-18)21-20-9-3-10-26(20)11-4-12-27(21)15-16-5-1-8-19(13-16)28(29)30/h1-3,5-10,13-14,21H,4,11-12,15H2/t21-/m1/s1. The third kappa shape index (κ3) is 4.09. The second-order valence-corrected chi connectivity index (χ2v) is 7.40. The van der Waals surface area contributed by atoms with Crippen molar-refractivity contribution in [2.24, 2.45) is 0 Å². The number of aromatic nitrogens is 1. The molecule has 0 saturated heterocycles. The Kier molecular flexibility index (Phi) is 5.34. The van der Waals surface area contributed by atoms with E-state index in [1.165, 1.54) is 24.3 Å². The molecule has 0 N–H and O–H groups in total. The molecule has 2 heterocycles. The van der Waals surface area contributed by atoms with Crippen LogP contribution < -0.4 is 0 Å². The summed E-state index contributed by atoms with van der Waals surface area (Å²) in [6.45, 7) is 1.82. The van der Waals surface area contributed by atoms with Crippen molar-refractivity contribution in [2.45, 2.75) is 31.7 Å². The van der Waals surface area contributed by atoms with Gasteiger partial charge >= 0.3 is 6.18 Å². The lowest BCUT2D eigenvalue weighted by Gasteiger charge is -2.31. The number of non-ortho nitro benzene ring substituents is 1. The molecule has 8 heteroatoms. The fourth-order valence-corrected chi connectivity index (χ4v) is 4.08. The van der Waals surface area contributed by atoms with Gasteiger partial charge in [-0.05, 0) is 41.8 Å². The monoisotopic (exact) mass is 415 g/mol.